The molecule has 0 heterocycles. The minimum Gasteiger partial charge on any atom is -0.393 e. The normalized spacial score (nSPS) is 13.5. The van der Waals surface area contributed by atoms with Crippen LogP contribution in [0.1, 0.15) is 0 Å². The molecular formula is C16H17O3P. The molecule has 2 aromatic rings. The second kappa shape index (κ2) is 6.67. The molecule has 0 saturated carbocycles. The molecule has 0 aliphatic carbocycles. The lowest BCUT2D eigenvalue weighted by Crippen LogP contribution is -2.15. The zero-order valence-corrected chi connectivity index (χ0v) is 11.9. The Hall–Kier alpha value is -1.67. The van der Waals surface area contributed by atoms with Gasteiger partial charge >= 0.3 is 0 Å². The van der Waals surface area contributed by atoms with Gasteiger partial charge in [-0.15, -0.1) is 0 Å². The van der Waals surface area contributed by atoms with Crippen molar-refractivity contribution in [2.75, 3.05) is 6.61 Å². The number of hydrogen-bond acceptors (Lipinski definition) is 3. The molecule has 0 saturated heterocycles. The Kier molecular flexibility index (Phi) is 4.91. The highest BCUT2D eigenvalue weighted by atomic mass is 31.2. The third-order valence-corrected chi connectivity index (χ3v) is 5.71. The van der Waals surface area contributed by atoms with Gasteiger partial charge in [-0.25, -0.2) is 0 Å². The van der Waals surface area contributed by atoms with Gasteiger partial charge in [0.25, 0.3) is 0 Å². The van der Waals surface area contributed by atoms with Crippen LogP contribution in [0, 0.1) is 0 Å². The van der Waals surface area contributed by atoms with Crippen LogP contribution in [-0.2, 0) is 4.57 Å². The fourth-order valence-corrected chi connectivity index (χ4v) is 4.22. The standard InChI is InChI=1S/C16H17O3P/c17-13-14(18)11-12-20(19,15-7-3-1-4-8-15)16-9-5-2-6-10-16/h1-12,14,17-18H,13H2/b12-11+/t14-/m1/s1. The van der Waals surface area contributed by atoms with E-state index in [-0.39, 0.29) is 6.61 Å². The molecule has 0 amide bonds. The van der Waals surface area contributed by atoms with E-state index in [1.165, 1.54) is 11.9 Å². The van der Waals surface area contributed by atoms with Crippen LogP contribution in [0.4, 0.5) is 0 Å². The van der Waals surface area contributed by atoms with Crippen molar-refractivity contribution in [3.63, 3.8) is 0 Å². The second-order valence-corrected chi connectivity index (χ2v) is 7.07. The van der Waals surface area contributed by atoms with E-state index in [0.717, 1.165) is 0 Å². The van der Waals surface area contributed by atoms with E-state index < -0.39 is 13.2 Å². The molecule has 0 unspecified atom stereocenters. The van der Waals surface area contributed by atoms with E-state index in [2.05, 4.69) is 0 Å². The summed E-state index contributed by atoms with van der Waals surface area (Å²) in [5.74, 6) is 1.51. The molecule has 20 heavy (non-hydrogen) atoms. The van der Waals surface area contributed by atoms with E-state index >= 15 is 0 Å². The highest BCUT2D eigenvalue weighted by molar-refractivity contribution is 7.81. The first-order chi connectivity index (χ1) is 9.66. The minimum atomic E-state index is -2.94. The van der Waals surface area contributed by atoms with Gasteiger partial charge in [0.2, 0.25) is 0 Å². The van der Waals surface area contributed by atoms with Crippen molar-refractivity contribution in [3.8, 4) is 0 Å². The summed E-state index contributed by atoms with van der Waals surface area (Å²) < 4.78 is 13.4. The molecule has 4 heteroatoms. The summed E-state index contributed by atoms with van der Waals surface area (Å²) in [4.78, 5) is 0. The molecule has 0 aliphatic heterocycles. The number of rotatable bonds is 5. The quantitative estimate of drug-likeness (QED) is 0.826. The summed E-state index contributed by atoms with van der Waals surface area (Å²) in [7, 11) is -2.94. The van der Waals surface area contributed by atoms with Crippen molar-refractivity contribution in [1.29, 1.82) is 0 Å². The summed E-state index contributed by atoms with van der Waals surface area (Å²) in [6, 6.07) is 18.3. The Bertz CT molecular complexity index is 565. The lowest BCUT2D eigenvalue weighted by atomic mass is 10.4. The van der Waals surface area contributed by atoms with E-state index in [1.54, 1.807) is 0 Å². The molecule has 0 fully saturated rings. The molecule has 2 N–H and O–H groups in total. The number of aliphatic hydroxyl groups is 2. The van der Waals surface area contributed by atoms with Gasteiger partial charge in [0.1, 0.15) is 0 Å². The van der Waals surface area contributed by atoms with E-state index in [1.807, 2.05) is 60.7 Å². The monoisotopic (exact) mass is 288 g/mol. The Morgan fingerprint density at radius 1 is 0.950 bits per heavy atom. The highest BCUT2D eigenvalue weighted by Crippen LogP contribution is 2.44. The summed E-state index contributed by atoms with van der Waals surface area (Å²) in [6.45, 7) is -0.389. The van der Waals surface area contributed by atoms with Gasteiger partial charge in [0, 0.05) is 10.6 Å². The smallest absolute Gasteiger partial charge is 0.163 e. The lowest BCUT2D eigenvalue weighted by Gasteiger charge is -2.15. The third-order valence-electron chi connectivity index (χ3n) is 2.98. The fraction of sp³-hybridized carbons (Fsp3) is 0.125. The van der Waals surface area contributed by atoms with Gasteiger partial charge < -0.3 is 14.8 Å². The van der Waals surface area contributed by atoms with Crippen LogP contribution in [0.5, 0.6) is 0 Å². The van der Waals surface area contributed by atoms with Crippen LogP contribution < -0.4 is 10.6 Å². The Labute approximate surface area is 118 Å². The number of aliphatic hydroxyl groups excluding tert-OH is 2. The molecule has 2 rings (SSSR count). The molecule has 1 atom stereocenters. The summed E-state index contributed by atoms with van der Waals surface area (Å²) in [6.07, 6.45) is 0.386. The molecule has 0 radical (unpaired) electrons. The van der Waals surface area contributed by atoms with Crippen LogP contribution >= 0.6 is 7.14 Å². The van der Waals surface area contributed by atoms with E-state index in [9.17, 15) is 9.67 Å². The molecule has 0 bridgehead atoms. The third kappa shape index (κ3) is 3.26. The van der Waals surface area contributed by atoms with Crippen LogP contribution in [0.25, 0.3) is 0 Å². The van der Waals surface area contributed by atoms with Crippen LogP contribution in [0.15, 0.2) is 72.6 Å². The van der Waals surface area contributed by atoms with Gasteiger partial charge in [0.15, 0.2) is 7.14 Å². The summed E-state index contributed by atoms with van der Waals surface area (Å²) >= 11 is 0. The van der Waals surface area contributed by atoms with Crippen molar-refractivity contribution in [2.45, 2.75) is 6.10 Å². The Balaban J connectivity index is 2.50. The molecule has 104 valence electrons. The topological polar surface area (TPSA) is 57.5 Å². The first-order valence-corrected chi connectivity index (χ1v) is 8.13. The molecular weight excluding hydrogens is 271 g/mol. The van der Waals surface area contributed by atoms with Crippen LogP contribution in [0.3, 0.4) is 0 Å². The maximum Gasteiger partial charge on any atom is 0.163 e. The highest BCUT2D eigenvalue weighted by Gasteiger charge is 2.23. The maximum atomic E-state index is 13.4. The lowest BCUT2D eigenvalue weighted by molar-refractivity contribution is 0.131. The number of benzene rings is 2. The molecule has 0 aromatic heterocycles. The van der Waals surface area contributed by atoms with Crippen molar-refractivity contribution < 1.29 is 14.8 Å². The summed E-state index contributed by atoms with van der Waals surface area (Å²) in [5, 5.41) is 19.7. The second-order valence-electron chi connectivity index (χ2n) is 4.42. The average Bonchev–Trinajstić information content (AvgIpc) is 2.54. The summed E-state index contributed by atoms with van der Waals surface area (Å²) in [5.41, 5.74) is 0. The number of hydrogen-bond donors (Lipinski definition) is 2. The molecule has 3 nitrogen and oxygen atoms in total. The van der Waals surface area contributed by atoms with Crippen LogP contribution in [0.2, 0.25) is 0 Å². The van der Waals surface area contributed by atoms with Crippen molar-refractivity contribution >= 4 is 17.8 Å². The van der Waals surface area contributed by atoms with E-state index in [4.69, 9.17) is 5.11 Å². The van der Waals surface area contributed by atoms with Gasteiger partial charge in [0.05, 0.1) is 12.7 Å². The fourth-order valence-electron chi connectivity index (χ4n) is 1.90. The first-order valence-electron chi connectivity index (χ1n) is 6.36. The zero-order chi connectivity index (χ0) is 14.4. The Morgan fingerprint density at radius 3 is 1.80 bits per heavy atom. The predicted octanol–water partition coefficient (Wildman–Crippen LogP) is 1.87. The molecule has 2 aromatic carbocycles. The van der Waals surface area contributed by atoms with Gasteiger partial charge in [-0.1, -0.05) is 60.7 Å². The Morgan fingerprint density at radius 2 is 1.40 bits per heavy atom. The van der Waals surface area contributed by atoms with Crippen molar-refractivity contribution in [1.82, 2.24) is 0 Å². The minimum absolute atomic E-state index is 0.389. The largest absolute Gasteiger partial charge is 0.393 e. The maximum absolute atomic E-state index is 13.4. The molecule has 0 aliphatic rings. The van der Waals surface area contributed by atoms with Gasteiger partial charge in [-0.05, 0) is 11.9 Å². The zero-order valence-electron chi connectivity index (χ0n) is 11.0. The molecule has 0 spiro atoms. The average molecular weight is 288 g/mol. The van der Waals surface area contributed by atoms with Gasteiger partial charge in [-0.2, -0.15) is 0 Å². The predicted molar refractivity (Wildman–Crippen MR) is 82.0 cm³/mol. The van der Waals surface area contributed by atoms with Gasteiger partial charge in [-0.3, -0.25) is 0 Å². The first kappa shape index (κ1) is 14.7. The van der Waals surface area contributed by atoms with Crippen molar-refractivity contribution in [3.05, 3.63) is 72.6 Å². The van der Waals surface area contributed by atoms with Crippen LogP contribution in [-0.4, -0.2) is 22.9 Å². The van der Waals surface area contributed by atoms with Crippen molar-refractivity contribution in [2.24, 2.45) is 0 Å². The SMILES string of the molecule is O=P(/C=C/[C@@H](O)CO)(c1ccccc1)c1ccccc1. The van der Waals surface area contributed by atoms with E-state index in [0.29, 0.717) is 10.6 Å².